The molecule has 8 heteroatoms. The highest BCUT2D eigenvalue weighted by molar-refractivity contribution is 5.92. The van der Waals surface area contributed by atoms with Crippen molar-refractivity contribution >= 4 is 11.8 Å². The maximum absolute atomic E-state index is 13.1. The third-order valence-electron chi connectivity index (χ3n) is 5.13. The number of nitrogens with two attached hydrogens (primary N) is 1. The lowest BCUT2D eigenvalue weighted by molar-refractivity contribution is -0.122. The Bertz CT molecular complexity index is 852. The number of piperidine rings is 1. The van der Waals surface area contributed by atoms with E-state index in [9.17, 15) is 14.0 Å². The summed E-state index contributed by atoms with van der Waals surface area (Å²) in [5, 5.41) is 3.90. The van der Waals surface area contributed by atoms with Crippen molar-refractivity contribution in [3.8, 4) is 5.75 Å². The summed E-state index contributed by atoms with van der Waals surface area (Å²) in [6, 6.07) is 7.36. The molecule has 29 heavy (non-hydrogen) atoms. The summed E-state index contributed by atoms with van der Waals surface area (Å²) in [6.07, 6.45) is 3.12. The average molecular weight is 403 g/mol. The number of aryl methyl sites for hydroxylation is 1. The number of carbonyl (C=O) groups is 2. The van der Waals surface area contributed by atoms with Crippen LogP contribution in [0.5, 0.6) is 5.75 Å². The number of ether oxygens (including phenoxy) is 1. The van der Waals surface area contributed by atoms with E-state index < -0.39 is 11.3 Å². The molecular formula is C21H26FN3O4. The quantitative estimate of drug-likeness (QED) is 0.731. The minimum atomic E-state index is -0.607. The minimum Gasteiger partial charge on any atom is -0.493 e. The van der Waals surface area contributed by atoms with Gasteiger partial charge in [-0.05, 0) is 43.5 Å². The molecule has 1 fully saturated rings. The van der Waals surface area contributed by atoms with Gasteiger partial charge in [-0.25, -0.2) is 4.39 Å². The van der Waals surface area contributed by atoms with Gasteiger partial charge in [0.1, 0.15) is 17.3 Å². The summed E-state index contributed by atoms with van der Waals surface area (Å²) in [6.45, 7) is 3.11. The molecule has 1 atom stereocenters. The summed E-state index contributed by atoms with van der Waals surface area (Å²) < 4.78 is 24.2. The van der Waals surface area contributed by atoms with Crippen LogP contribution in [-0.2, 0) is 11.2 Å². The van der Waals surface area contributed by atoms with Crippen molar-refractivity contribution in [1.82, 2.24) is 10.1 Å². The topological polar surface area (TPSA) is 98.7 Å². The molecule has 0 bridgehead atoms. The number of rotatable bonds is 8. The molecule has 1 aliphatic heterocycles. The molecule has 1 aliphatic rings. The fraction of sp³-hybridized carbons (Fsp3) is 0.476. The highest BCUT2D eigenvalue weighted by atomic mass is 19.1. The Morgan fingerprint density at radius 1 is 1.34 bits per heavy atom. The van der Waals surface area contributed by atoms with Gasteiger partial charge in [0.15, 0.2) is 5.69 Å². The van der Waals surface area contributed by atoms with Crippen LogP contribution in [0.25, 0.3) is 0 Å². The zero-order chi connectivity index (χ0) is 20.9. The molecule has 3 rings (SSSR count). The first-order valence-electron chi connectivity index (χ1n) is 9.82. The Labute approximate surface area is 169 Å². The number of nitrogens with zero attached hydrogens (tertiary/aromatic N) is 2. The zero-order valence-electron chi connectivity index (χ0n) is 16.5. The van der Waals surface area contributed by atoms with E-state index in [1.54, 1.807) is 11.0 Å². The molecule has 0 saturated carbocycles. The van der Waals surface area contributed by atoms with Crippen LogP contribution in [0.2, 0.25) is 0 Å². The van der Waals surface area contributed by atoms with Crippen molar-refractivity contribution in [1.29, 1.82) is 0 Å². The van der Waals surface area contributed by atoms with Crippen molar-refractivity contribution in [2.45, 2.75) is 39.0 Å². The second-order valence-electron chi connectivity index (χ2n) is 7.64. The number of hydrogen-bond acceptors (Lipinski definition) is 5. The van der Waals surface area contributed by atoms with E-state index in [1.807, 2.05) is 6.92 Å². The number of amides is 2. The van der Waals surface area contributed by atoms with Crippen molar-refractivity contribution in [3.63, 3.8) is 0 Å². The molecule has 0 radical (unpaired) electrons. The van der Waals surface area contributed by atoms with Gasteiger partial charge in [-0.1, -0.05) is 12.1 Å². The first kappa shape index (κ1) is 20.8. The standard InChI is InChI=1S/C21H26FN3O4/c1-2-4-17-11-18(24-29-17)20(27)25-10-3-9-21(13-25,12-19(23)26)14-28-16-7-5-15(22)6-8-16/h5-8,11H,2-4,9-10,12-14H2,1H3,(H2,23,26)/t21-/m0/s1. The highest BCUT2D eigenvalue weighted by Crippen LogP contribution is 2.35. The lowest BCUT2D eigenvalue weighted by atomic mass is 9.77. The van der Waals surface area contributed by atoms with Crippen LogP contribution in [0.1, 0.15) is 48.9 Å². The predicted octanol–water partition coefficient (Wildman–Crippen LogP) is 2.94. The van der Waals surface area contributed by atoms with Crippen molar-refractivity contribution in [2.75, 3.05) is 19.7 Å². The normalized spacial score (nSPS) is 19.2. The van der Waals surface area contributed by atoms with Crippen LogP contribution in [0.4, 0.5) is 4.39 Å². The van der Waals surface area contributed by atoms with Gasteiger partial charge in [0.25, 0.3) is 5.91 Å². The van der Waals surface area contributed by atoms with Crippen molar-refractivity contribution in [2.24, 2.45) is 11.1 Å². The van der Waals surface area contributed by atoms with E-state index in [0.29, 0.717) is 37.4 Å². The van der Waals surface area contributed by atoms with Gasteiger partial charge < -0.3 is 19.9 Å². The Kier molecular flexibility index (Phi) is 6.51. The molecule has 1 saturated heterocycles. The molecule has 1 aromatic heterocycles. The van der Waals surface area contributed by atoms with Crippen molar-refractivity contribution < 1.29 is 23.2 Å². The van der Waals surface area contributed by atoms with Gasteiger partial charge in [-0.15, -0.1) is 0 Å². The number of hydrogen-bond donors (Lipinski definition) is 1. The molecule has 2 aromatic rings. The van der Waals surface area contributed by atoms with Gasteiger partial charge in [-0.3, -0.25) is 9.59 Å². The number of carbonyl (C=O) groups excluding carboxylic acids is 2. The van der Waals surface area contributed by atoms with Crippen LogP contribution in [-0.4, -0.2) is 41.6 Å². The molecule has 1 aromatic carbocycles. The third-order valence-corrected chi connectivity index (χ3v) is 5.13. The number of benzene rings is 1. The molecule has 7 nitrogen and oxygen atoms in total. The second-order valence-corrected chi connectivity index (χ2v) is 7.64. The molecule has 2 amide bonds. The molecular weight excluding hydrogens is 377 g/mol. The van der Waals surface area contributed by atoms with Gasteiger partial charge in [0, 0.05) is 37.4 Å². The van der Waals surface area contributed by atoms with Crippen LogP contribution in [0, 0.1) is 11.2 Å². The van der Waals surface area contributed by atoms with Gasteiger partial charge in [-0.2, -0.15) is 0 Å². The number of primary amides is 1. The summed E-state index contributed by atoms with van der Waals surface area (Å²) in [4.78, 5) is 26.3. The first-order chi connectivity index (χ1) is 13.9. The summed E-state index contributed by atoms with van der Waals surface area (Å²) in [7, 11) is 0. The first-order valence-corrected chi connectivity index (χ1v) is 9.82. The van der Waals surface area contributed by atoms with Crippen molar-refractivity contribution in [3.05, 3.63) is 47.6 Å². The van der Waals surface area contributed by atoms with Gasteiger partial charge in [0.05, 0.1) is 6.61 Å². The maximum atomic E-state index is 13.1. The highest BCUT2D eigenvalue weighted by Gasteiger charge is 2.40. The fourth-order valence-electron chi connectivity index (χ4n) is 3.77. The molecule has 2 heterocycles. The Morgan fingerprint density at radius 3 is 2.79 bits per heavy atom. The van der Waals surface area contributed by atoms with E-state index in [1.165, 1.54) is 24.3 Å². The van der Waals surface area contributed by atoms with E-state index >= 15 is 0 Å². The van der Waals surface area contributed by atoms with Gasteiger partial charge in [0.2, 0.25) is 5.91 Å². The molecule has 2 N–H and O–H groups in total. The van der Waals surface area contributed by atoms with E-state index in [4.69, 9.17) is 15.0 Å². The molecule has 0 aliphatic carbocycles. The maximum Gasteiger partial charge on any atom is 0.276 e. The van der Waals surface area contributed by atoms with Crippen LogP contribution >= 0.6 is 0 Å². The lowest BCUT2D eigenvalue weighted by Gasteiger charge is -2.41. The van der Waals surface area contributed by atoms with Gasteiger partial charge >= 0.3 is 0 Å². The zero-order valence-corrected chi connectivity index (χ0v) is 16.5. The Morgan fingerprint density at radius 2 is 2.10 bits per heavy atom. The largest absolute Gasteiger partial charge is 0.493 e. The Balaban J connectivity index is 1.73. The van der Waals surface area contributed by atoms with E-state index in [2.05, 4.69) is 5.16 Å². The summed E-state index contributed by atoms with van der Waals surface area (Å²) in [5.74, 6) is 0.143. The predicted molar refractivity (Wildman–Crippen MR) is 104 cm³/mol. The van der Waals surface area contributed by atoms with E-state index in [-0.39, 0.29) is 30.4 Å². The minimum absolute atomic E-state index is 0.0951. The smallest absolute Gasteiger partial charge is 0.276 e. The SMILES string of the molecule is CCCc1cc(C(=O)N2CCC[C@](COc3ccc(F)cc3)(CC(N)=O)C2)no1. The molecule has 156 valence electrons. The van der Waals surface area contributed by atoms with Crippen LogP contribution in [0.15, 0.2) is 34.9 Å². The average Bonchev–Trinajstić information content (AvgIpc) is 3.15. The fourth-order valence-corrected chi connectivity index (χ4v) is 3.77. The number of halogens is 1. The Hall–Kier alpha value is -2.90. The number of likely N-dealkylation sites (tertiary alicyclic amines) is 1. The number of aromatic nitrogens is 1. The summed E-state index contributed by atoms with van der Waals surface area (Å²) >= 11 is 0. The molecule has 0 unspecified atom stereocenters. The summed E-state index contributed by atoms with van der Waals surface area (Å²) in [5.41, 5.74) is 5.15. The van der Waals surface area contributed by atoms with E-state index in [0.717, 1.165) is 12.8 Å². The molecule has 0 spiro atoms. The van der Waals surface area contributed by atoms with Crippen LogP contribution in [0.3, 0.4) is 0 Å². The monoisotopic (exact) mass is 403 g/mol. The van der Waals surface area contributed by atoms with Crippen LogP contribution < -0.4 is 10.5 Å². The second kappa shape index (κ2) is 9.07. The third kappa shape index (κ3) is 5.34. The lowest BCUT2D eigenvalue weighted by Crippen LogP contribution is -2.50.